The van der Waals surface area contributed by atoms with Crippen molar-refractivity contribution in [2.45, 2.75) is 12.6 Å². The summed E-state index contributed by atoms with van der Waals surface area (Å²) in [6.45, 7) is 2.48. The fourth-order valence-corrected chi connectivity index (χ4v) is 1.91. The maximum absolute atomic E-state index is 8.81. The molecule has 1 fully saturated rings. The van der Waals surface area contributed by atoms with Crippen LogP contribution in [0.25, 0.3) is 0 Å². The van der Waals surface area contributed by atoms with Crippen LogP contribution >= 0.6 is 11.6 Å². The summed E-state index contributed by atoms with van der Waals surface area (Å²) in [4.78, 5) is 6.29. The zero-order valence-electron chi connectivity index (χ0n) is 9.27. The molecule has 1 unspecified atom stereocenters. The lowest BCUT2D eigenvalue weighted by atomic mass is 10.2. The number of morpholine rings is 1. The van der Waals surface area contributed by atoms with Crippen LogP contribution in [0, 0.1) is 11.3 Å². The molecular weight excluding hydrogens is 240 g/mol. The van der Waals surface area contributed by atoms with Crippen molar-refractivity contribution in [3.8, 4) is 6.07 Å². The summed E-state index contributed by atoms with van der Waals surface area (Å²) in [5, 5.41) is 9.41. The number of nitrogen functional groups attached to an aromatic ring is 1. The summed E-state index contributed by atoms with van der Waals surface area (Å²) in [5.74, 6) is 0.453. The molecule has 0 aliphatic carbocycles. The number of rotatable bonds is 2. The molecule has 17 heavy (non-hydrogen) atoms. The first-order valence-corrected chi connectivity index (χ1v) is 5.71. The molecule has 0 spiro atoms. The van der Waals surface area contributed by atoms with Gasteiger partial charge >= 0.3 is 0 Å². The molecule has 0 bridgehead atoms. The number of aromatic nitrogens is 1. The largest absolute Gasteiger partial charge is 0.384 e. The van der Waals surface area contributed by atoms with E-state index in [1.54, 1.807) is 12.1 Å². The van der Waals surface area contributed by atoms with Crippen molar-refractivity contribution in [1.82, 2.24) is 9.88 Å². The Morgan fingerprint density at radius 1 is 1.65 bits per heavy atom. The third kappa shape index (κ3) is 3.07. The fraction of sp³-hybridized carbons (Fsp3) is 0.455. The van der Waals surface area contributed by atoms with E-state index in [9.17, 15) is 0 Å². The normalized spacial score (nSPS) is 21.1. The van der Waals surface area contributed by atoms with Gasteiger partial charge in [-0.15, -0.1) is 0 Å². The summed E-state index contributed by atoms with van der Waals surface area (Å²) in [7, 11) is 0. The zero-order chi connectivity index (χ0) is 12.3. The van der Waals surface area contributed by atoms with Crippen LogP contribution in [-0.2, 0) is 11.3 Å². The average Bonchev–Trinajstić information content (AvgIpc) is 2.34. The van der Waals surface area contributed by atoms with E-state index in [4.69, 9.17) is 27.3 Å². The predicted octanol–water partition coefficient (Wildman–Crippen LogP) is 1.04. The van der Waals surface area contributed by atoms with E-state index in [1.165, 1.54) is 0 Å². The second-order valence-corrected chi connectivity index (χ2v) is 4.30. The first-order valence-electron chi connectivity index (χ1n) is 5.33. The van der Waals surface area contributed by atoms with Crippen molar-refractivity contribution in [2.75, 3.05) is 25.4 Å². The van der Waals surface area contributed by atoms with Crippen LogP contribution in [0.3, 0.4) is 0 Å². The minimum absolute atomic E-state index is 0.372. The standard InChI is InChI=1S/C11H13ClN4O/c12-9-1-2-11(14)15-10(9)7-16-3-4-17-8(5-13)6-16/h1-2,8H,3-4,6-7H2,(H2,14,15). The summed E-state index contributed by atoms with van der Waals surface area (Å²) in [5.41, 5.74) is 6.36. The Hall–Kier alpha value is -1.35. The summed E-state index contributed by atoms with van der Waals surface area (Å²) < 4.78 is 5.27. The van der Waals surface area contributed by atoms with Crippen molar-refractivity contribution in [1.29, 1.82) is 5.26 Å². The van der Waals surface area contributed by atoms with Crippen molar-refractivity contribution in [2.24, 2.45) is 0 Å². The molecule has 2 N–H and O–H groups in total. The van der Waals surface area contributed by atoms with Gasteiger partial charge in [-0.1, -0.05) is 11.6 Å². The number of hydrogen-bond acceptors (Lipinski definition) is 5. The van der Waals surface area contributed by atoms with E-state index in [0.29, 0.717) is 30.5 Å². The smallest absolute Gasteiger partial charge is 0.156 e. The molecule has 2 rings (SSSR count). The fourth-order valence-electron chi connectivity index (χ4n) is 1.75. The van der Waals surface area contributed by atoms with E-state index in [2.05, 4.69) is 16.0 Å². The van der Waals surface area contributed by atoms with Gasteiger partial charge in [0.05, 0.1) is 23.4 Å². The molecule has 1 aromatic rings. The van der Waals surface area contributed by atoms with Crippen molar-refractivity contribution >= 4 is 17.4 Å². The summed E-state index contributed by atoms with van der Waals surface area (Å²) in [6, 6.07) is 5.51. The van der Waals surface area contributed by atoms with Gasteiger partial charge in [-0.25, -0.2) is 4.98 Å². The van der Waals surface area contributed by atoms with Gasteiger partial charge in [-0.05, 0) is 12.1 Å². The Bertz CT molecular complexity index is 446. The van der Waals surface area contributed by atoms with Crippen LogP contribution in [0.1, 0.15) is 5.69 Å². The van der Waals surface area contributed by atoms with Crippen LogP contribution in [0.5, 0.6) is 0 Å². The summed E-state index contributed by atoms with van der Waals surface area (Å²) in [6.07, 6.45) is -0.372. The Morgan fingerprint density at radius 3 is 3.24 bits per heavy atom. The molecule has 2 heterocycles. The number of anilines is 1. The van der Waals surface area contributed by atoms with Gasteiger partial charge in [0.1, 0.15) is 5.82 Å². The van der Waals surface area contributed by atoms with Gasteiger partial charge in [-0.2, -0.15) is 5.26 Å². The van der Waals surface area contributed by atoms with Gasteiger partial charge < -0.3 is 10.5 Å². The Morgan fingerprint density at radius 2 is 2.47 bits per heavy atom. The van der Waals surface area contributed by atoms with E-state index >= 15 is 0 Å². The lowest BCUT2D eigenvalue weighted by Crippen LogP contribution is -2.41. The third-order valence-electron chi connectivity index (χ3n) is 2.61. The number of pyridine rings is 1. The van der Waals surface area contributed by atoms with Crippen LogP contribution in [-0.4, -0.2) is 35.7 Å². The summed E-state index contributed by atoms with van der Waals surface area (Å²) >= 11 is 6.04. The molecule has 6 heteroatoms. The number of nitriles is 1. The molecule has 1 aliphatic heterocycles. The second kappa shape index (κ2) is 5.32. The highest BCUT2D eigenvalue weighted by molar-refractivity contribution is 6.31. The third-order valence-corrected chi connectivity index (χ3v) is 2.95. The van der Waals surface area contributed by atoms with Crippen LogP contribution in [0.2, 0.25) is 5.02 Å². The minimum Gasteiger partial charge on any atom is -0.384 e. The molecule has 1 aliphatic rings. The van der Waals surface area contributed by atoms with E-state index in [0.717, 1.165) is 12.2 Å². The van der Waals surface area contributed by atoms with Gasteiger partial charge in [0.2, 0.25) is 0 Å². The SMILES string of the molecule is N#CC1CN(Cc2nc(N)ccc2Cl)CCO1. The van der Waals surface area contributed by atoms with Crippen molar-refractivity contribution < 1.29 is 4.74 Å². The second-order valence-electron chi connectivity index (χ2n) is 3.89. The first-order chi connectivity index (χ1) is 8.19. The van der Waals surface area contributed by atoms with Crippen LogP contribution in [0.15, 0.2) is 12.1 Å². The molecule has 0 aromatic carbocycles. The Balaban J connectivity index is 2.05. The number of nitrogens with two attached hydrogens (primary N) is 1. The average molecular weight is 253 g/mol. The quantitative estimate of drug-likeness (QED) is 0.851. The van der Waals surface area contributed by atoms with Crippen molar-refractivity contribution in [3.05, 3.63) is 22.8 Å². The molecule has 90 valence electrons. The monoisotopic (exact) mass is 252 g/mol. The minimum atomic E-state index is -0.372. The van der Waals surface area contributed by atoms with Crippen molar-refractivity contribution in [3.63, 3.8) is 0 Å². The van der Waals surface area contributed by atoms with E-state index in [-0.39, 0.29) is 6.10 Å². The predicted molar refractivity (Wildman–Crippen MR) is 64.3 cm³/mol. The van der Waals surface area contributed by atoms with E-state index < -0.39 is 0 Å². The molecular formula is C11H13ClN4O. The van der Waals surface area contributed by atoms with E-state index in [1.807, 2.05) is 0 Å². The molecule has 1 saturated heterocycles. The zero-order valence-corrected chi connectivity index (χ0v) is 10.0. The topological polar surface area (TPSA) is 75.2 Å². The van der Waals surface area contributed by atoms with Gasteiger partial charge in [0.15, 0.2) is 6.10 Å². The number of halogens is 1. The number of hydrogen-bond donors (Lipinski definition) is 1. The first kappa shape index (κ1) is 12.1. The highest BCUT2D eigenvalue weighted by Crippen LogP contribution is 2.18. The number of nitrogens with zero attached hydrogens (tertiary/aromatic N) is 3. The lowest BCUT2D eigenvalue weighted by molar-refractivity contribution is -0.00309. The van der Waals surface area contributed by atoms with Gasteiger partial charge in [0.25, 0.3) is 0 Å². The van der Waals surface area contributed by atoms with Gasteiger partial charge in [0, 0.05) is 19.6 Å². The molecule has 1 aromatic heterocycles. The molecule has 0 saturated carbocycles. The molecule has 0 amide bonds. The van der Waals surface area contributed by atoms with Gasteiger partial charge in [-0.3, -0.25) is 4.90 Å². The molecule has 0 radical (unpaired) electrons. The maximum Gasteiger partial charge on any atom is 0.156 e. The maximum atomic E-state index is 8.81. The Labute approximate surface area is 105 Å². The molecule has 5 nitrogen and oxygen atoms in total. The highest BCUT2D eigenvalue weighted by Gasteiger charge is 2.21. The Kier molecular flexibility index (Phi) is 3.79. The van der Waals surface area contributed by atoms with Crippen LogP contribution < -0.4 is 5.73 Å². The number of ether oxygens (including phenoxy) is 1. The van der Waals surface area contributed by atoms with Crippen LogP contribution in [0.4, 0.5) is 5.82 Å². The highest BCUT2D eigenvalue weighted by atomic mass is 35.5. The molecule has 1 atom stereocenters. The lowest BCUT2D eigenvalue weighted by Gasteiger charge is -2.29.